The Hall–Kier alpha value is 0.171. The second kappa shape index (κ2) is 9.46. The fourth-order valence-corrected chi connectivity index (χ4v) is 7.75. The van der Waals surface area contributed by atoms with Crippen LogP contribution in [0.1, 0.15) is 32.8 Å². The van der Waals surface area contributed by atoms with Crippen molar-refractivity contribution in [3.63, 3.8) is 0 Å². The van der Waals surface area contributed by atoms with Crippen LogP contribution in [0, 0.1) is 0 Å². The average molecular weight is 394 g/mol. The van der Waals surface area contributed by atoms with Crippen LogP contribution >= 0.6 is 0 Å². The van der Waals surface area contributed by atoms with E-state index in [4.69, 9.17) is 0 Å². The van der Waals surface area contributed by atoms with E-state index in [2.05, 4.69) is 77.5 Å². The zero-order chi connectivity index (χ0) is 14.1. The molecule has 0 unspecified atom stereocenters. The normalized spacial score (nSPS) is 13.3. The van der Waals surface area contributed by atoms with Gasteiger partial charge < -0.3 is 24.8 Å². The maximum Gasteiger partial charge on any atom is -0.0149 e. The van der Waals surface area contributed by atoms with Crippen molar-refractivity contribution in [3.8, 4) is 0 Å². The maximum atomic E-state index is 3.90. The molecule has 1 aromatic rings. The van der Waals surface area contributed by atoms with Gasteiger partial charge in [-0.1, -0.05) is 0 Å². The number of allylic oxidation sites excluding steroid dienone is 4. The minimum Gasteiger partial charge on any atom is -1.00 e. The second-order valence-corrected chi connectivity index (χ2v) is 13.4. The Morgan fingerprint density at radius 1 is 1.00 bits per heavy atom. The SMILES string of the molecule is CC(C)(C)[NH][Ti+2]([CH3])([CH3])[C]1=CC(c2ccccc2)=CC1.[Cl-].[Cl-].[SiH4]. The molecule has 1 aliphatic rings. The topological polar surface area (TPSA) is 12.0 Å². The van der Waals surface area contributed by atoms with Crippen LogP contribution in [0.5, 0.6) is 0 Å². The zero-order valence-corrected chi connectivity index (χ0v) is 16.6. The molecule has 0 saturated carbocycles. The van der Waals surface area contributed by atoms with E-state index in [1.54, 1.807) is 3.88 Å². The van der Waals surface area contributed by atoms with Gasteiger partial charge in [0.05, 0.1) is 0 Å². The first kappa shape index (κ1) is 24.4. The third-order valence-corrected chi connectivity index (χ3v) is 8.67. The Bertz CT molecular complexity index is 519. The van der Waals surface area contributed by atoms with Crippen molar-refractivity contribution < 1.29 is 41.7 Å². The smallest absolute Gasteiger partial charge is 0.0149 e. The van der Waals surface area contributed by atoms with E-state index in [1.165, 1.54) is 11.1 Å². The second-order valence-electron chi connectivity index (χ2n) is 6.90. The molecule has 0 aliphatic heterocycles. The fraction of sp³-hybridized carbons (Fsp3) is 0.412. The number of hydrogen-bond acceptors (Lipinski definition) is 1. The van der Waals surface area contributed by atoms with Gasteiger partial charge in [0, 0.05) is 0 Å². The summed E-state index contributed by atoms with van der Waals surface area (Å²) in [4.78, 5) is 0. The third-order valence-electron chi connectivity index (χ3n) is 3.47. The predicted molar refractivity (Wildman–Crippen MR) is 93.1 cm³/mol. The fourth-order valence-electron chi connectivity index (χ4n) is 2.81. The molecule has 2 rings (SSSR count). The molecule has 0 aromatic heterocycles. The molecule has 1 aromatic carbocycles. The van der Waals surface area contributed by atoms with Gasteiger partial charge in [0.15, 0.2) is 0 Å². The Balaban J connectivity index is 0. The number of hydrogen-bond donors (Lipinski definition) is 1. The van der Waals surface area contributed by atoms with E-state index in [0.717, 1.165) is 6.42 Å². The van der Waals surface area contributed by atoms with Crippen molar-refractivity contribution in [2.45, 2.75) is 43.2 Å². The summed E-state index contributed by atoms with van der Waals surface area (Å²) in [5.74, 6) is 0. The Kier molecular flexibility index (Phi) is 10.5. The number of halogens is 2. The average Bonchev–Trinajstić information content (AvgIpc) is 2.77. The van der Waals surface area contributed by atoms with Gasteiger partial charge in [0.1, 0.15) is 0 Å². The molecule has 0 bridgehead atoms. The van der Waals surface area contributed by atoms with Crippen molar-refractivity contribution in [3.05, 3.63) is 51.9 Å². The van der Waals surface area contributed by atoms with Crippen LogP contribution in [0.3, 0.4) is 0 Å². The van der Waals surface area contributed by atoms with Crippen LogP contribution in [-0.4, -0.2) is 16.5 Å². The zero-order valence-electron chi connectivity index (χ0n) is 13.5. The standard InChI is InChI=1S/C11H9.C4H10N.2CH3.2ClH.H4Si.Ti/c1-2-6-10(7-3-1)11-8-4-5-9-11;1-4(2,3)5;;;;;;/h1-3,6-9H,4H2;5H,1-3H3;2*1H3;2*1H;1H4;/q;-1;;;;;;+3/p-2. The van der Waals surface area contributed by atoms with E-state index < -0.39 is 16.8 Å². The summed E-state index contributed by atoms with van der Waals surface area (Å²) in [6.07, 6.45) is 5.93. The molecular formula is C17H29Cl2NSiTi. The van der Waals surface area contributed by atoms with Crippen molar-refractivity contribution in [2.75, 3.05) is 0 Å². The molecule has 1 aliphatic carbocycles. The molecule has 0 radical (unpaired) electrons. The monoisotopic (exact) mass is 393 g/mol. The van der Waals surface area contributed by atoms with Gasteiger partial charge in [-0.2, -0.15) is 0 Å². The van der Waals surface area contributed by atoms with Crippen LogP contribution in [0.25, 0.3) is 5.57 Å². The number of rotatable bonds is 3. The number of nitrogens with one attached hydrogen (secondary N) is 1. The molecular weight excluding hydrogens is 365 g/mol. The van der Waals surface area contributed by atoms with E-state index in [1.807, 2.05) is 0 Å². The van der Waals surface area contributed by atoms with Crippen LogP contribution in [0.4, 0.5) is 0 Å². The van der Waals surface area contributed by atoms with Gasteiger partial charge in [0.25, 0.3) is 0 Å². The van der Waals surface area contributed by atoms with E-state index in [-0.39, 0.29) is 41.3 Å². The molecule has 124 valence electrons. The minimum atomic E-state index is -2.07. The molecule has 0 atom stereocenters. The van der Waals surface area contributed by atoms with E-state index in [9.17, 15) is 0 Å². The van der Waals surface area contributed by atoms with Gasteiger partial charge in [-0.25, -0.2) is 0 Å². The summed E-state index contributed by atoms with van der Waals surface area (Å²) >= 11 is -2.07. The summed E-state index contributed by atoms with van der Waals surface area (Å²) < 4.78 is 5.54. The molecule has 1 N–H and O–H groups in total. The van der Waals surface area contributed by atoms with Crippen molar-refractivity contribution in [2.24, 2.45) is 0 Å². The molecule has 0 fully saturated rings. The molecule has 0 amide bonds. The van der Waals surface area contributed by atoms with Crippen molar-refractivity contribution in [1.29, 1.82) is 0 Å². The Labute approximate surface area is 156 Å². The quantitative estimate of drug-likeness (QED) is 0.558. The molecule has 0 saturated heterocycles. The van der Waals surface area contributed by atoms with Gasteiger partial charge in [-0.05, 0) is 11.0 Å². The molecule has 0 heterocycles. The van der Waals surface area contributed by atoms with Gasteiger partial charge in [0.2, 0.25) is 0 Å². The van der Waals surface area contributed by atoms with Crippen molar-refractivity contribution in [1.82, 2.24) is 3.80 Å². The summed E-state index contributed by atoms with van der Waals surface area (Å²) in [6.45, 7) is 6.79. The number of benzene rings is 1. The largest absolute Gasteiger partial charge is 1.00 e. The van der Waals surface area contributed by atoms with Crippen LogP contribution in [-0.2, 0) is 16.8 Å². The Morgan fingerprint density at radius 2 is 1.55 bits per heavy atom. The molecule has 1 nitrogen and oxygen atoms in total. The summed E-state index contributed by atoms with van der Waals surface area (Å²) in [7, 11) is 0. The van der Waals surface area contributed by atoms with Crippen molar-refractivity contribution >= 4 is 16.5 Å². The minimum absolute atomic E-state index is 0. The molecule has 0 spiro atoms. The molecule has 22 heavy (non-hydrogen) atoms. The van der Waals surface area contributed by atoms with Gasteiger partial charge in [-0.3, -0.25) is 0 Å². The van der Waals surface area contributed by atoms with E-state index >= 15 is 0 Å². The van der Waals surface area contributed by atoms with E-state index in [0.29, 0.717) is 0 Å². The summed E-state index contributed by atoms with van der Waals surface area (Å²) in [6, 6.07) is 10.7. The summed E-state index contributed by atoms with van der Waals surface area (Å²) in [5.41, 5.74) is 2.94. The maximum absolute atomic E-state index is 3.90. The molecule has 5 heteroatoms. The first-order chi connectivity index (χ1) is 8.78. The van der Waals surface area contributed by atoms with Gasteiger partial charge >= 0.3 is 121 Å². The predicted octanol–water partition coefficient (Wildman–Crippen LogP) is -2.53. The summed E-state index contributed by atoms with van der Waals surface area (Å²) in [5, 5.41) is 4.91. The first-order valence-corrected chi connectivity index (χ1v) is 11.7. The van der Waals surface area contributed by atoms with Crippen LogP contribution in [0.15, 0.2) is 46.4 Å². The first-order valence-electron chi connectivity index (χ1n) is 7.04. The van der Waals surface area contributed by atoms with Crippen LogP contribution in [0.2, 0.25) is 10.5 Å². The Morgan fingerprint density at radius 3 is 2.05 bits per heavy atom. The van der Waals surface area contributed by atoms with Crippen LogP contribution < -0.4 is 28.6 Å². The van der Waals surface area contributed by atoms with Gasteiger partial charge in [-0.15, -0.1) is 0 Å². The third kappa shape index (κ3) is 6.74.